The van der Waals surface area contributed by atoms with Gasteiger partial charge < -0.3 is 10.6 Å². The maximum atomic E-state index is 13.2. The molecule has 2 N–H and O–H groups in total. The monoisotopic (exact) mass is 413 g/mol. The molecule has 1 aliphatic carbocycles. The van der Waals surface area contributed by atoms with Crippen LogP contribution < -0.4 is 10.6 Å². The Hall–Kier alpha value is -2.47. The molecule has 2 aliphatic heterocycles. The van der Waals surface area contributed by atoms with Crippen molar-refractivity contribution in [2.24, 2.45) is 11.8 Å². The lowest BCUT2D eigenvalue weighted by Crippen LogP contribution is -2.54. The van der Waals surface area contributed by atoms with Crippen LogP contribution in [-0.4, -0.2) is 36.6 Å². The zero-order valence-electron chi connectivity index (χ0n) is 17.1. The highest BCUT2D eigenvalue weighted by Crippen LogP contribution is 2.40. The summed E-state index contributed by atoms with van der Waals surface area (Å²) in [5.74, 6) is 0.865. The van der Waals surface area contributed by atoms with Crippen LogP contribution in [0.3, 0.4) is 0 Å². The molecule has 2 heterocycles. The summed E-state index contributed by atoms with van der Waals surface area (Å²) < 4.78 is 26.1. The Kier molecular flexibility index (Phi) is 6.62. The van der Waals surface area contributed by atoms with Gasteiger partial charge in [-0.05, 0) is 85.9 Å². The fourth-order valence-electron chi connectivity index (χ4n) is 5.05. The number of nitrogens with zero attached hydrogens (tertiary/aromatic N) is 1. The number of nitrogens with one attached hydrogen (secondary N) is 2. The molecule has 4 nitrogen and oxygen atoms in total. The molecular weight excluding hydrogens is 384 g/mol. The Morgan fingerprint density at radius 1 is 1.00 bits per heavy atom. The van der Waals surface area contributed by atoms with Gasteiger partial charge in [-0.3, -0.25) is 4.90 Å². The topological polar surface area (TPSA) is 44.4 Å². The van der Waals surface area contributed by atoms with Gasteiger partial charge in [0.05, 0.1) is 0 Å². The molecule has 6 heteroatoms. The number of hydrogen-bond acceptors (Lipinski definition) is 2. The third-order valence-electron chi connectivity index (χ3n) is 6.43. The molecule has 0 aromatic heterocycles. The number of carbonyl (C=O) groups is 1. The highest BCUT2D eigenvalue weighted by atomic mass is 19.1. The minimum Gasteiger partial charge on any atom is -0.338 e. The largest absolute Gasteiger partial charge is 0.338 e. The predicted molar refractivity (Wildman–Crippen MR) is 114 cm³/mol. The molecule has 160 valence electrons. The van der Waals surface area contributed by atoms with Gasteiger partial charge >= 0.3 is 6.03 Å². The molecule has 2 aromatic carbocycles. The zero-order chi connectivity index (χ0) is 20.9. The summed E-state index contributed by atoms with van der Waals surface area (Å²) in [5.41, 5.74) is 1.79. The van der Waals surface area contributed by atoms with Gasteiger partial charge in [-0.25, -0.2) is 13.6 Å². The van der Waals surface area contributed by atoms with Gasteiger partial charge in [-0.2, -0.15) is 0 Å². The van der Waals surface area contributed by atoms with Gasteiger partial charge in [0, 0.05) is 31.4 Å². The Bertz CT molecular complexity index is 841. The minimum absolute atomic E-state index is 0.179. The summed E-state index contributed by atoms with van der Waals surface area (Å²) in [5, 5.41) is 5.60. The van der Waals surface area contributed by atoms with Gasteiger partial charge in [0.1, 0.15) is 11.6 Å². The maximum absolute atomic E-state index is 13.2. The van der Waals surface area contributed by atoms with Crippen molar-refractivity contribution < 1.29 is 13.6 Å². The third kappa shape index (κ3) is 5.36. The van der Waals surface area contributed by atoms with Crippen LogP contribution in [0.4, 0.5) is 19.3 Å². The molecule has 3 atom stereocenters. The Morgan fingerprint density at radius 2 is 1.70 bits per heavy atom. The van der Waals surface area contributed by atoms with Gasteiger partial charge in [0.25, 0.3) is 0 Å². The molecule has 0 unspecified atom stereocenters. The number of rotatable bonds is 7. The van der Waals surface area contributed by atoms with E-state index in [9.17, 15) is 13.6 Å². The SMILES string of the molecule is O=C(NCCCN1C[C@H]2CC[C@H]1[C@@H](Cc1ccc(F)cc1)C2)Nc1ccc(F)cc1. The molecule has 2 amide bonds. The summed E-state index contributed by atoms with van der Waals surface area (Å²) in [6, 6.07) is 13.0. The molecule has 1 saturated carbocycles. The van der Waals surface area contributed by atoms with E-state index in [1.165, 1.54) is 37.0 Å². The Labute approximate surface area is 176 Å². The fraction of sp³-hybridized carbons (Fsp3) is 0.458. The summed E-state index contributed by atoms with van der Waals surface area (Å²) in [7, 11) is 0. The van der Waals surface area contributed by atoms with Crippen molar-refractivity contribution in [2.75, 3.05) is 25.0 Å². The number of urea groups is 1. The zero-order valence-corrected chi connectivity index (χ0v) is 17.1. The van der Waals surface area contributed by atoms with Crippen molar-refractivity contribution in [3.05, 3.63) is 65.7 Å². The third-order valence-corrected chi connectivity index (χ3v) is 6.43. The lowest BCUT2D eigenvalue weighted by Gasteiger charge is -2.50. The second kappa shape index (κ2) is 9.56. The van der Waals surface area contributed by atoms with Crippen LogP contribution in [0.1, 0.15) is 31.2 Å². The van der Waals surface area contributed by atoms with Crippen molar-refractivity contribution in [3.63, 3.8) is 0 Å². The van der Waals surface area contributed by atoms with Crippen molar-refractivity contribution >= 4 is 11.7 Å². The number of halogens is 2. The van der Waals surface area contributed by atoms with Crippen LogP contribution >= 0.6 is 0 Å². The minimum atomic E-state index is -0.325. The van der Waals surface area contributed by atoms with Crippen molar-refractivity contribution in [3.8, 4) is 0 Å². The molecular formula is C24H29F2N3O. The number of anilines is 1. The van der Waals surface area contributed by atoms with E-state index in [2.05, 4.69) is 15.5 Å². The average molecular weight is 414 g/mol. The number of hydrogen-bond donors (Lipinski definition) is 2. The number of benzene rings is 2. The van der Waals surface area contributed by atoms with E-state index in [1.807, 2.05) is 12.1 Å². The van der Waals surface area contributed by atoms with Crippen molar-refractivity contribution in [2.45, 2.75) is 38.1 Å². The highest BCUT2D eigenvalue weighted by molar-refractivity contribution is 5.89. The van der Waals surface area contributed by atoms with E-state index in [0.717, 1.165) is 31.8 Å². The first-order valence-electron chi connectivity index (χ1n) is 10.9. The van der Waals surface area contributed by atoms with Gasteiger partial charge in [-0.1, -0.05) is 12.1 Å². The summed E-state index contributed by atoms with van der Waals surface area (Å²) in [6.45, 7) is 2.72. The molecule has 0 radical (unpaired) electrons. The van der Waals surface area contributed by atoms with Crippen molar-refractivity contribution in [1.82, 2.24) is 10.2 Å². The van der Waals surface area contributed by atoms with Crippen LogP contribution in [0.25, 0.3) is 0 Å². The van der Waals surface area contributed by atoms with E-state index >= 15 is 0 Å². The van der Waals surface area contributed by atoms with Crippen LogP contribution in [0, 0.1) is 23.5 Å². The molecule has 30 heavy (non-hydrogen) atoms. The van der Waals surface area contributed by atoms with Crippen LogP contribution in [-0.2, 0) is 6.42 Å². The maximum Gasteiger partial charge on any atom is 0.319 e. The van der Waals surface area contributed by atoms with E-state index < -0.39 is 0 Å². The standard InChI is InChI=1S/C24H29F2N3O/c25-20-5-2-17(3-6-20)14-19-15-18-4-11-23(19)29(16-18)13-1-12-27-24(30)28-22-9-7-21(26)8-10-22/h2-3,5-10,18-19,23H,1,4,11-16H2,(H2,27,28,30)/t18-,19-,23-/m0/s1. The van der Waals surface area contributed by atoms with Crippen LogP contribution in [0.2, 0.25) is 0 Å². The van der Waals surface area contributed by atoms with Gasteiger partial charge in [0.15, 0.2) is 0 Å². The number of fused-ring (bicyclic) bond motifs is 3. The van der Waals surface area contributed by atoms with E-state index in [1.54, 1.807) is 24.3 Å². The molecule has 0 spiro atoms. The first-order valence-corrected chi connectivity index (χ1v) is 10.9. The Morgan fingerprint density at radius 3 is 2.40 bits per heavy atom. The lowest BCUT2D eigenvalue weighted by atomic mass is 9.70. The van der Waals surface area contributed by atoms with Gasteiger partial charge in [0.2, 0.25) is 0 Å². The second-order valence-corrected chi connectivity index (χ2v) is 8.57. The second-order valence-electron chi connectivity index (χ2n) is 8.57. The first kappa shape index (κ1) is 20.8. The van der Waals surface area contributed by atoms with Crippen LogP contribution in [0.15, 0.2) is 48.5 Å². The smallest absolute Gasteiger partial charge is 0.319 e. The molecule has 2 aromatic rings. The summed E-state index contributed by atoms with van der Waals surface area (Å²) in [4.78, 5) is 14.6. The lowest BCUT2D eigenvalue weighted by molar-refractivity contribution is 0.000976. The normalized spacial score (nSPS) is 23.3. The first-order chi connectivity index (χ1) is 14.6. The number of piperidine rings is 2. The van der Waals surface area contributed by atoms with Crippen molar-refractivity contribution in [1.29, 1.82) is 0 Å². The molecule has 5 rings (SSSR count). The molecule has 3 aliphatic rings. The van der Waals surface area contributed by atoms with E-state index in [4.69, 9.17) is 0 Å². The van der Waals surface area contributed by atoms with E-state index in [-0.39, 0.29) is 17.7 Å². The summed E-state index contributed by atoms with van der Waals surface area (Å²) >= 11 is 0. The quantitative estimate of drug-likeness (QED) is 0.639. The fourth-order valence-corrected chi connectivity index (χ4v) is 5.05. The number of carbonyl (C=O) groups excluding carboxylic acids is 1. The van der Waals surface area contributed by atoms with Crippen LogP contribution in [0.5, 0.6) is 0 Å². The summed E-state index contributed by atoms with van der Waals surface area (Å²) in [6.07, 6.45) is 5.70. The molecule has 3 fully saturated rings. The molecule has 2 bridgehead atoms. The van der Waals surface area contributed by atoms with E-state index in [0.29, 0.717) is 24.2 Å². The number of amides is 2. The average Bonchev–Trinajstić information content (AvgIpc) is 2.75. The molecule has 2 saturated heterocycles. The van der Waals surface area contributed by atoms with Gasteiger partial charge in [-0.15, -0.1) is 0 Å². The Balaban J connectivity index is 1.22. The highest BCUT2D eigenvalue weighted by Gasteiger charge is 2.40. The predicted octanol–water partition coefficient (Wildman–Crippen LogP) is 4.82.